The first-order valence-corrected chi connectivity index (χ1v) is 6.78. The Bertz CT molecular complexity index is 545. The van der Waals surface area contributed by atoms with Crippen molar-refractivity contribution in [2.45, 2.75) is 6.42 Å². The second-order valence-corrected chi connectivity index (χ2v) is 5.19. The topological polar surface area (TPSA) is 35.2 Å². The summed E-state index contributed by atoms with van der Waals surface area (Å²) < 4.78 is 6.69. The summed E-state index contributed by atoms with van der Waals surface area (Å²) in [5.41, 5.74) is 6.69. The zero-order valence-electron chi connectivity index (χ0n) is 9.70. The molecule has 2 nitrogen and oxygen atoms in total. The Morgan fingerprint density at radius 2 is 2.00 bits per heavy atom. The maximum Gasteiger partial charge on any atom is 0.146 e. The summed E-state index contributed by atoms with van der Waals surface area (Å²) in [5, 5.41) is 0.577. The molecule has 2 aromatic rings. The van der Waals surface area contributed by atoms with Gasteiger partial charge in [-0.3, -0.25) is 0 Å². The molecule has 18 heavy (non-hydrogen) atoms. The van der Waals surface area contributed by atoms with Crippen LogP contribution in [0.4, 0.5) is 0 Å². The minimum absolute atomic E-state index is 0.577. The van der Waals surface area contributed by atoms with E-state index in [9.17, 15) is 0 Å². The molecular weight excluding hydrogens is 314 g/mol. The van der Waals surface area contributed by atoms with E-state index in [1.54, 1.807) is 6.07 Å². The number of rotatable bonds is 4. The maximum atomic E-state index is 6.11. The monoisotopic (exact) mass is 325 g/mol. The Kier molecular flexibility index (Phi) is 4.64. The predicted molar refractivity (Wildman–Crippen MR) is 78.4 cm³/mol. The van der Waals surface area contributed by atoms with Crippen LogP contribution in [-0.2, 0) is 6.42 Å². The highest BCUT2D eigenvalue weighted by molar-refractivity contribution is 9.10. The summed E-state index contributed by atoms with van der Waals surface area (Å²) in [6.45, 7) is 0.627. The summed E-state index contributed by atoms with van der Waals surface area (Å²) in [7, 11) is 0. The van der Waals surface area contributed by atoms with Crippen molar-refractivity contribution >= 4 is 27.5 Å². The highest BCUT2D eigenvalue weighted by Crippen LogP contribution is 2.31. The molecule has 0 bridgehead atoms. The Labute approximate surface area is 120 Å². The third-order valence-electron chi connectivity index (χ3n) is 2.45. The molecule has 4 heteroatoms. The Morgan fingerprint density at radius 3 is 2.72 bits per heavy atom. The van der Waals surface area contributed by atoms with Crippen LogP contribution in [0.15, 0.2) is 46.9 Å². The van der Waals surface area contributed by atoms with E-state index in [1.165, 1.54) is 0 Å². The molecule has 2 rings (SSSR count). The van der Waals surface area contributed by atoms with Crippen LogP contribution in [0.1, 0.15) is 5.56 Å². The van der Waals surface area contributed by atoms with Crippen molar-refractivity contribution in [3.63, 3.8) is 0 Å². The number of nitrogens with two attached hydrogens (primary N) is 1. The van der Waals surface area contributed by atoms with Crippen LogP contribution in [0.5, 0.6) is 11.5 Å². The van der Waals surface area contributed by atoms with E-state index in [-0.39, 0.29) is 0 Å². The van der Waals surface area contributed by atoms with Gasteiger partial charge in [0.05, 0.1) is 5.02 Å². The van der Waals surface area contributed by atoms with Crippen LogP contribution in [0.25, 0.3) is 0 Å². The fourth-order valence-electron chi connectivity index (χ4n) is 1.62. The van der Waals surface area contributed by atoms with Gasteiger partial charge in [-0.25, -0.2) is 0 Å². The molecule has 0 aliphatic heterocycles. The average molecular weight is 327 g/mol. The third-order valence-corrected chi connectivity index (χ3v) is 3.24. The van der Waals surface area contributed by atoms with Crippen molar-refractivity contribution in [1.29, 1.82) is 0 Å². The molecular formula is C14H13BrClNO. The molecule has 2 aromatic carbocycles. The summed E-state index contributed by atoms with van der Waals surface area (Å²) in [6, 6.07) is 13.4. The highest BCUT2D eigenvalue weighted by atomic mass is 79.9. The lowest BCUT2D eigenvalue weighted by Crippen LogP contribution is -2.02. The second-order valence-electron chi connectivity index (χ2n) is 3.86. The van der Waals surface area contributed by atoms with Gasteiger partial charge in [0.25, 0.3) is 0 Å². The van der Waals surface area contributed by atoms with Gasteiger partial charge >= 0.3 is 0 Å². The maximum absolute atomic E-state index is 6.11. The molecule has 0 heterocycles. The van der Waals surface area contributed by atoms with E-state index in [4.69, 9.17) is 22.1 Å². The fraction of sp³-hybridized carbons (Fsp3) is 0.143. The molecule has 2 N–H and O–H groups in total. The van der Waals surface area contributed by atoms with Gasteiger partial charge in [-0.15, -0.1) is 0 Å². The second kappa shape index (κ2) is 6.23. The third kappa shape index (κ3) is 3.48. The van der Waals surface area contributed by atoms with Gasteiger partial charge in [-0.05, 0) is 48.9 Å². The van der Waals surface area contributed by atoms with E-state index in [0.29, 0.717) is 17.3 Å². The fourth-order valence-corrected chi connectivity index (χ4v) is 2.33. The largest absolute Gasteiger partial charge is 0.456 e. The summed E-state index contributed by atoms with van der Waals surface area (Å²) in [6.07, 6.45) is 0.839. The van der Waals surface area contributed by atoms with Crippen molar-refractivity contribution in [1.82, 2.24) is 0 Å². The van der Waals surface area contributed by atoms with Crippen LogP contribution in [0.3, 0.4) is 0 Å². The predicted octanol–water partition coefficient (Wildman–Crippen LogP) is 4.40. The molecule has 0 aliphatic carbocycles. The van der Waals surface area contributed by atoms with Crippen molar-refractivity contribution < 1.29 is 4.74 Å². The zero-order chi connectivity index (χ0) is 13.0. The van der Waals surface area contributed by atoms with Gasteiger partial charge in [0.15, 0.2) is 0 Å². The quantitative estimate of drug-likeness (QED) is 0.904. The van der Waals surface area contributed by atoms with Crippen LogP contribution in [0.2, 0.25) is 5.02 Å². The summed E-state index contributed by atoms with van der Waals surface area (Å²) in [5.74, 6) is 1.41. The lowest BCUT2D eigenvalue weighted by atomic mass is 10.1. The first-order valence-electron chi connectivity index (χ1n) is 5.61. The molecule has 0 saturated heterocycles. The van der Waals surface area contributed by atoms with Gasteiger partial charge < -0.3 is 10.5 Å². The normalized spacial score (nSPS) is 10.4. The van der Waals surface area contributed by atoms with E-state index < -0.39 is 0 Å². The van der Waals surface area contributed by atoms with E-state index in [1.807, 2.05) is 36.4 Å². The Hall–Kier alpha value is -1.03. The van der Waals surface area contributed by atoms with Crippen LogP contribution < -0.4 is 10.5 Å². The number of hydrogen-bond acceptors (Lipinski definition) is 2. The molecule has 0 saturated carbocycles. The molecule has 0 amide bonds. The molecule has 0 unspecified atom stereocenters. The van der Waals surface area contributed by atoms with Crippen molar-refractivity contribution in [2.75, 3.05) is 6.54 Å². The van der Waals surface area contributed by atoms with Crippen LogP contribution in [-0.4, -0.2) is 6.54 Å². The number of benzene rings is 2. The Balaban J connectivity index is 2.20. The number of hydrogen-bond donors (Lipinski definition) is 1. The van der Waals surface area contributed by atoms with Crippen molar-refractivity contribution in [3.05, 3.63) is 57.5 Å². The van der Waals surface area contributed by atoms with Crippen LogP contribution in [0, 0.1) is 0 Å². The molecule has 0 fully saturated rings. The lowest BCUT2D eigenvalue weighted by molar-refractivity contribution is 0.482. The highest BCUT2D eigenvalue weighted by Gasteiger charge is 2.04. The molecule has 0 spiro atoms. The van der Waals surface area contributed by atoms with E-state index >= 15 is 0 Å². The number of ether oxygens (including phenoxy) is 1. The SMILES string of the molecule is NCCc1cccc(Oc2ccc(Br)cc2Cl)c1. The summed E-state index contributed by atoms with van der Waals surface area (Å²) >= 11 is 9.47. The molecule has 0 aliphatic rings. The van der Waals surface area contributed by atoms with Gasteiger partial charge in [0, 0.05) is 4.47 Å². The minimum Gasteiger partial charge on any atom is -0.456 e. The first-order chi connectivity index (χ1) is 8.69. The lowest BCUT2D eigenvalue weighted by Gasteiger charge is -2.09. The van der Waals surface area contributed by atoms with Gasteiger partial charge in [-0.2, -0.15) is 0 Å². The van der Waals surface area contributed by atoms with Gasteiger partial charge in [-0.1, -0.05) is 39.7 Å². The standard InChI is InChI=1S/C14H13BrClNO/c15-11-4-5-14(13(16)9-11)18-12-3-1-2-10(8-12)6-7-17/h1-5,8-9H,6-7,17H2. The summed E-state index contributed by atoms with van der Waals surface area (Å²) in [4.78, 5) is 0. The zero-order valence-corrected chi connectivity index (χ0v) is 12.0. The number of halogens is 2. The van der Waals surface area contributed by atoms with Crippen molar-refractivity contribution in [2.24, 2.45) is 5.73 Å². The van der Waals surface area contributed by atoms with Crippen LogP contribution >= 0.6 is 27.5 Å². The minimum atomic E-state index is 0.577. The smallest absolute Gasteiger partial charge is 0.146 e. The molecule has 0 radical (unpaired) electrons. The molecule has 0 aromatic heterocycles. The first kappa shape index (κ1) is 13.4. The van der Waals surface area contributed by atoms with Gasteiger partial charge in [0.2, 0.25) is 0 Å². The van der Waals surface area contributed by atoms with Gasteiger partial charge in [0.1, 0.15) is 11.5 Å². The Morgan fingerprint density at radius 1 is 1.17 bits per heavy atom. The molecule has 94 valence electrons. The van der Waals surface area contributed by atoms with Crippen molar-refractivity contribution in [3.8, 4) is 11.5 Å². The van der Waals surface area contributed by atoms with E-state index in [2.05, 4.69) is 15.9 Å². The molecule has 0 atom stereocenters. The average Bonchev–Trinajstić information content (AvgIpc) is 2.34. The van der Waals surface area contributed by atoms with E-state index in [0.717, 1.165) is 22.2 Å².